The Morgan fingerprint density at radius 1 is 1.35 bits per heavy atom. The number of carbonyl (C=O) groups excluding carboxylic acids is 1. The van der Waals surface area contributed by atoms with E-state index in [1.54, 1.807) is 32.0 Å². The van der Waals surface area contributed by atoms with Crippen molar-refractivity contribution in [2.75, 3.05) is 12.4 Å². The van der Waals surface area contributed by atoms with E-state index in [1.807, 2.05) is 0 Å². The summed E-state index contributed by atoms with van der Waals surface area (Å²) in [5.41, 5.74) is 1.20. The van der Waals surface area contributed by atoms with Gasteiger partial charge in [-0.15, -0.1) is 11.3 Å². The first kappa shape index (κ1) is 14.7. The summed E-state index contributed by atoms with van der Waals surface area (Å²) in [6.07, 6.45) is 0. The number of thiazole rings is 1. The summed E-state index contributed by atoms with van der Waals surface area (Å²) < 4.78 is 25.0. The van der Waals surface area contributed by atoms with E-state index in [0.29, 0.717) is 11.2 Å². The molecule has 0 saturated heterocycles. The van der Waals surface area contributed by atoms with Crippen LogP contribution >= 0.6 is 11.3 Å². The van der Waals surface area contributed by atoms with Crippen LogP contribution < -0.4 is 10.6 Å². The number of hydrogen-bond acceptors (Lipinski definition) is 5. The van der Waals surface area contributed by atoms with Crippen LogP contribution in [-0.4, -0.2) is 31.7 Å². The van der Waals surface area contributed by atoms with Gasteiger partial charge in [-0.05, 0) is 32.0 Å². The van der Waals surface area contributed by atoms with Crippen molar-refractivity contribution in [3.05, 3.63) is 18.2 Å². The molecule has 0 radical (unpaired) electrons. The molecule has 1 aromatic carbocycles. The van der Waals surface area contributed by atoms with Gasteiger partial charge in [-0.25, -0.2) is 18.2 Å². The Bertz CT molecular complexity index is 750. The lowest BCUT2D eigenvalue weighted by Crippen LogP contribution is -2.24. The molecular weight excluding hydrogens is 298 g/mol. The summed E-state index contributed by atoms with van der Waals surface area (Å²) in [6.45, 7) is 3.25. The molecule has 0 spiro atoms. The quantitative estimate of drug-likeness (QED) is 0.909. The van der Waals surface area contributed by atoms with E-state index in [1.165, 1.54) is 7.05 Å². The number of nitrogens with zero attached hydrogens (tertiary/aromatic N) is 1. The first-order valence-electron chi connectivity index (χ1n) is 5.98. The second kappa shape index (κ2) is 5.37. The number of sulfone groups is 1. The van der Waals surface area contributed by atoms with E-state index in [4.69, 9.17) is 0 Å². The molecular formula is C12H15N3O3S2. The number of amides is 2. The average molecular weight is 313 g/mol. The Morgan fingerprint density at radius 2 is 2.05 bits per heavy atom. The third kappa shape index (κ3) is 2.75. The van der Waals surface area contributed by atoms with Crippen LogP contribution in [0.15, 0.2) is 22.5 Å². The molecule has 2 rings (SSSR count). The highest BCUT2D eigenvalue weighted by atomic mass is 32.2. The third-order valence-electron chi connectivity index (χ3n) is 2.72. The average Bonchev–Trinajstić information content (AvgIpc) is 2.82. The topological polar surface area (TPSA) is 88.2 Å². The van der Waals surface area contributed by atoms with Crippen molar-refractivity contribution in [2.24, 2.45) is 0 Å². The zero-order chi connectivity index (χ0) is 14.9. The van der Waals surface area contributed by atoms with Gasteiger partial charge < -0.3 is 10.6 Å². The van der Waals surface area contributed by atoms with E-state index in [0.717, 1.165) is 16.0 Å². The maximum Gasteiger partial charge on any atom is 0.318 e. The summed E-state index contributed by atoms with van der Waals surface area (Å²) in [5.74, 6) is 0. The standard InChI is InChI=1S/C12H15N3O3S2/c1-7(2)20(17,18)12-15-9-5-4-8(6-10(9)19-12)14-11(16)13-3/h4-7H,1-3H3,(H2,13,14,16). The molecule has 20 heavy (non-hydrogen) atoms. The molecule has 0 atom stereocenters. The lowest BCUT2D eigenvalue weighted by atomic mass is 10.3. The molecule has 0 fully saturated rings. The van der Waals surface area contributed by atoms with Crippen LogP contribution in [0.4, 0.5) is 10.5 Å². The predicted molar refractivity (Wildman–Crippen MR) is 80.0 cm³/mol. The molecule has 0 aliphatic heterocycles. The number of urea groups is 1. The van der Waals surface area contributed by atoms with Crippen LogP contribution in [-0.2, 0) is 9.84 Å². The van der Waals surface area contributed by atoms with Gasteiger partial charge in [0.2, 0.25) is 14.2 Å². The highest BCUT2D eigenvalue weighted by molar-refractivity contribution is 7.94. The van der Waals surface area contributed by atoms with Crippen LogP contribution in [0.25, 0.3) is 10.2 Å². The number of benzene rings is 1. The second-order valence-electron chi connectivity index (χ2n) is 4.46. The number of fused-ring (bicyclic) bond motifs is 1. The molecule has 0 aliphatic rings. The molecule has 108 valence electrons. The van der Waals surface area contributed by atoms with Gasteiger partial charge in [-0.2, -0.15) is 0 Å². The lowest BCUT2D eigenvalue weighted by Gasteiger charge is -2.03. The van der Waals surface area contributed by atoms with Crippen LogP contribution in [0, 0.1) is 0 Å². The van der Waals surface area contributed by atoms with Gasteiger partial charge in [-0.1, -0.05) is 0 Å². The largest absolute Gasteiger partial charge is 0.341 e. The fourth-order valence-corrected chi connectivity index (χ4v) is 4.17. The minimum Gasteiger partial charge on any atom is -0.341 e. The first-order chi connectivity index (χ1) is 9.34. The number of aromatic nitrogens is 1. The van der Waals surface area contributed by atoms with Gasteiger partial charge in [0, 0.05) is 12.7 Å². The lowest BCUT2D eigenvalue weighted by molar-refractivity contribution is 0.254. The molecule has 1 aromatic heterocycles. The van der Waals surface area contributed by atoms with Gasteiger partial charge in [0.05, 0.1) is 15.5 Å². The smallest absolute Gasteiger partial charge is 0.318 e. The van der Waals surface area contributed by atoms with Crippen molar-refractivity contribution < 1.29 is 13.2 Å². The maximum atomic E-state index is 12.1. The number of carbonyl (C=O) groups is 1. The fourth-order valence-electron chi connectivity index (χ4n) is 1.50. The van der Waals surface area contributed by atoms with Crippen LogP contribution in [0.2, 0.25) is 0 Å². The Kier molecular flexibility index (Phi) is 3.96. The van der Waals surface area contributed by atoms with E-state index in [2.05, 4.69) is 15.6 Å². The molecule has 0 aliphatic carbocycles. The summed E-state index contributed by atoms with van der Waals surface area (Å²) in [7, 11) is -1.85. The number of anilines is 1. The van der Waals surface area contributed by atoms with Crippen molar-refractivity contribution in [3.8, 4) is 0 Å². The fraction of sp³-hybridized carbons (Fsp3) is 0.333. The highest BCUT2D eigenvalue weighted by Crippen LogP contribution is 2.29. The van der Waals surface area contributed by atoms with Crippen molar-refractivity contribution >= 4 is 43.1 Å². The van der Waals surface area contributed by atoms with Gasteiger partial charge in [-0.3, -0.25) is 0 Å². The van der Waals surface area contributed by atoms with Crippen molar-refractivity contribution in [1.82, 2.24) is 10.3 Å². The SMILES string of the molecule is CNC(=O)Nc1ccc2nc(S(=O)(=O)C(C)C)sc2c1. The van der Waals surface area contributed by atoms with Gasteiger partial charge in [0.25, 0.3) is 0 Å². The summed E-state index contributed by atoms with van der Waals surface area (Å²) in [5, 5.41) is 4.57. The molecule has 2 N–H and O–H groups in total. The molecule has 0 unspecified atom stereocenters. The number of nitrogens with one attached hydrogen (secondary N) is 2. The minimum absolute atomic E-state index is 0.111. The van der Waals surface area contributed by atoms with Gasteiger partial charge in [0.1, 0.15) is 0 Å². The zero-order valence-electron chi connectivity index (χ0n) is 11.3. The Labute approximate surface area is 121 Å². The highest BCUT2D eigenvalue weighted by Gasteiger charge is 2.23. The molecule has 8 heteroatoms. The van der Waals surface area contributed by atoms with Gasteiger partial charge in [0.15, 0.2) is 0 Å². The predicted octanol–water partition coefficient (Wildman–Crippen LogP) is 2.23. The zero-order valence-corrected chi connectivity index (χ0v) is 12.9. The van der Waals surface area contributed by atoms with Crippen molar-refractivity contribution in [2.45, 2.75) is 23.4 Å². The summed E-state index contributed by atoms with van der Waals surface area (Å²) >= 11 is 1.11. The monoisotopic (exact) mass is 313 g/mol. The summed E-state index contributed by atoms with van der Waals surface area (Å²) in [6, 6.07) is 4.75. The second-order valence-corrected chi connectivity index (χ2v) is 8.17. The number of rotatable bonds is 3. The Morgan fingerprint density at radius 3 is 2.65 bits per heavy atom. The van der Waals surface area contributed by atoms with E-state index < -0.39 is 15.1 Å². The van der Waals surface area contributed by atoms with E-state index in [9.17, 15) is 13.2 Å². The Balaban J connectivity index is 2.43. The molecule has 1 heterocycles. The normalized spacial score (nSPS) is 11.8. The number of hydrogen-bond donors (Lipinski definition) is 2. The van der Waals surface area contributed by atoms with E-state index >= 15 is 0 Å². The molecule has 2 amide bonds. The van der Waals surface area contributed by atoms with Crippen LogP contribution in [0.1, 0.15) is 13.8 Å². The maximum absolute atomic E-state index is 12.1. The molecule has 0 saturated carbocycles. The summed E-state index contributed by atoms with van der Waals surface area (Å²) in [4.78, 5) is 15.4. The minimum atomic E-state index is -3.37. The Hall–Kier alpha value is -1.67. The van der Waals surface area contributed by atoms with Gasteiger partial charge >= 0.3 is 6.03 Å². The molecule has 6 nitrogen and oxygen atoms in total. The first-order valence-corrected chi connectivity index (χ1v) is 8.34. The van der Waals surface area contributed by atoms with Crippen LogP contribution in [0.5, 0.6) is 0 Å². The van der Waals surface area contributed by atoms with Crippen molar-refractivity contribution in [1.29, 1.82) is 0 Å². The third-order valence-corrected chi connectivity index (χ3v) is 6.30. The molecule has 0 bridgehead atoms. The van der Waals surface area contributed by atoms with Crippen LogP contribution in [0.3, 0.4) is 0 Å². The molecule has 2 aromatic rings. The van der Waals surface area contributed by atoms with E-state index in [-0.39, 0.29) is 10.4 Å². The van der Waals surface area contributed by atoms with Crippen molar-refractivity contribution in [3.63, 3.8) is 0 Å².